The third kappa shape index (κ3) is 7.43. The topological polar surface area (TPSA) is 116 Å². The first-order chi connectivity index (χ1) is 11.1. The van der Waals surface area contributed by atoms with Crippen molar-refractivity contribution in [3.8, 4) is 0 Å². The second-order valence-corrected chi connectivity index (χ2v) is 6.55. The number of carbonyl (C=O) groups excluding carboxylic acids is 1. The lowest BCUT2D eigenvalue weighted by atomic mass is 9.99. The fourth-order valence-corrected chi connectivity index (χ4v) is 2.08. The van der Waals surface area contributed by atoms with Crippen molar-refractivity contribution in [2.24, 2.45) is 0 Å². The van der Waals surface area contributed by atoms with Crippen molar-refractivity contribution in [2.45, 2.75) is 51.4 Å². The van der Waals surface area contributed by atoms with Gasteiger partial charge in [0.1, 0.15) is 11.7 Å². The lowest BCUT2D eigenvalue weighted by Crippen LogP contribution is -2.34. The molecule has 24 heavy (non-hydrogen) atoms. The summed E-state index contributed by atoms with van der Waals surface area (Å²) in [5, 5.41) is 31.5. The molecular formula is C17H25NO6. The maximum Gasteiger partial charge on any atom is 0.407 e. The third-order valence-corrected chi connectivity index (χ3v) is 3.12. The van der Waals surface area contributed by atoms with Crippen LogP contribution in [0.4, 0.5) is 4.79 Å². The summed E-state index contributed by atoms with van der Waals surface area (Å²) in [7, 11) is 0. The number of alkyl carbamates (subject to hydrolysis) is 1. The molecule has 4 N–H and O–H groups in total. The second-order valence-electron chi connectivity index (χ2n) is 6.55. The van der Waals surface area contributed by atoms with E-state index in [9.17, 15) is 19.8 Å². The van der Waals surface area contributed by atoms with Gasteiger partial charge in [-0.15, -0.1) is 0 Å². The standard InChI is InChI=1S/C17H25NO6/c1-17(2,3)24-16(23)18-8-7-13(19)15(22)12-6-4-5-11(9-12)10-14(20)21/h4-6,9,13,15,19,22H,7-8,10H2,1-3H3,(H,18,23)(H,20,21). The molecule has 1 aromatic rings. The zero-order valence-electron chi connectivity index (χ0n) is 14.2. The Morgan fingerprint density at radius 3 is 2.50 bits per heavy atom. The van der Waals surface area contributed by atoms with Crippen molar-refractivity contribution >= 4 is 12.1 Å². The van der Waals surface area contributed by atoms with Gasteiger partial charge in [-0.05, 0) is 38.3 Å². The molecule has 0 radical (unpaired) electrons. The van der Waals surface area contributed by atoms with E-state index in [0.717, 1.165) is 0 Å². The third-order valence-electron chi connectivity index (χ3n) is 3.12. The first-order valence-electron chi connectivity index (χ1n) is 7.72. The van der Waals surface area contributed by atoms with Gasteiger partial charge in [0, 0.05) is 6.54 Å². The molecule has 0 bridgehead atoms. The minimum atomic E-state index is -1.17. The van der Waals surface area contributed by atoms with E-state index in [4.69, 9.17) is 9.84 Å². The number of carboxylic acids is 1. The fourth-order valence-electron chi connectivity index (χ4n) is 2.08. The molecule has 1 amide bonds. The molecule has 1 aromatic carbocycles. The maximum atomic E-state index is 11.5. The summed E-state index contributed by atoms with van der Waals surface area (Å²) in [4.78, 5) is 22.2. The van der Waals surface area contributed by atoms with E-state index in [1.807, 2.05) is 0 Å². The molecule has 0 saturated carbocycles. The van der Waals surface area contributed by atoms with Crippen LogP contribution < -0.4 is 5.32 Å². The highest BCUT2D eigenvalue weighted by molar-refractivity contribution is 5.70. The minimum absolute atomic E-state index is 0.129. The molecule has 0 aliphatic heterocycles. The molecule has 134 valence electrons. The van der Waals surface area contributed by atoms with Crippen LogP contribution in [0.15, 0.2) is 24.3 Å². The summed E-state index contributed by atoms with van der Waals surface area (Å²) in [5.41, 5.74) is 0.365. The van der Waals surface area contributed by atoms with Gasteiger partial charge in [-0.1, -0.05) is 24.3 Å². The van der Waals surface area contributed by atoms with Crippen LogP contribution in [0, 0.1) is 0 Å². The predicted octanol–water partition coefficient (Wildman–Crippen LogP) is 1.62. The molecule has 0 heterocycles. The van der Waals surface area contributed by atoms with E-state index < -0.39 is 29.9 Å². The molecule has 0 fully saturated rings. The fraction of sp³-hybridized carbons (Fsp3) is 0.529. The number of rotatable bonds is 7. The Balaban J connectivity index is 2.51. The summed E-state index contributed by atoms with van der Waals surface area (Å²) in [6.45, 7) is 5.38. The Bertz CT molecular complexity index is 566. The van der Waals surface area contributed by atoms with Crippen LogP contribution in [-0.4, -0.2) is 45.6 Å². The van der Waals surface area contributed by atoms with E-state index in [1.54, 1.807) is 45.0 Å². The van der Waals surface area contributed by atoms with Crippen molar-refractivity contribution in [1.29, 1.82) is 0 Å². The number of aliphatic hydroxyl groups excluding tert-OH is 2. The molecule has 2 atom stereocenters. The van der Waals surface area contributed by atoms with Gasteiger partial charge >= 0.3 is 12.1 Å². The highest BCUT2D eigenvalue weighted by Crippen LogP contribution is 2.20. The average molecular weight is 339 g/mol. The van der Waals surface area contributed by atoms with Crippen LogP contribution in [0.5, 0.6) is 0 Å². The average Bonchev–Trinajstić information content (AvgIpc) is 2.44. The van der Waals surface area contributed by atoms with Crippen molar-refractivity contribution < 1.29 is 29.6 Å². The number of carboxylic acid groups (broad SMARTS) is 1. The minimum Gasteiger partial charge on any atom is -0.481 e. The van der Waals surface area contributed by atoms with Crippen LogP contribution in [0.2, 0.25) is 0 Å². The number of hydrogen-bond donors (Lipinski definition) is 4. The van der Waals surface area contributed by atoms with Crippen LogP contribution in [0.1, 0.15) is 44.4 Å². The quantitative estimate of drug-likeness (QED) is 0.600. The van der Waals surface area contributed by atoms with Gasteiger partial charge in [0.05, 0.1) is 12.5 Å². The Labute approximate surface area is 141 Å². The zero-order chi connectivity index (χ0) is 18.3. The highest BCUT2D eigenvalue weighted by Gasteiger charge is 2.20. The zero-order valence-corrected chi connectivity index (χ0v) is 14.2. The molecule has 0 aliphatic rings. The molecule has 7 heteroatoms. The van der Waals surface area contributed by atoms with E-state index in [0.29, 0.717) is 11.1 Å². The lowest BCUT2D eigenvalue weighted by molar-refractivity contribution is -0.136. The number of carbonyl (C=O) groups is 2. The van der Waals surface area contributed by atoms with Crippen LogP contribution in [0.3, 0.4) is 0 Å². The number of amides is 1. The Morgan fingerprint density at radius 2 is 1.92 bits per heavy atom. The van der Waals surface area contributed by atoms with E-state index >= 15 is 0 Å². The van der Waals surface area contributed by atoms with Gasteiger partial charge in [-0.3, -0.25) is 4.79 Å². The summed E-state index contributed by atoms with van der Waals surface area (Å²) in [5.74, 6) is -0.969. The molecule has 7 nitrogen and oxygen atoms in total. The monoisotopic (exact) mass is 339 g/mol. The van der Waals surface area contributed by atoms with E-state index in [-0.39, 0.29) is 19.4 Å². The van der Waals surface area contributed by atoms with Crippen molar-refractivity contribution in [3.63, 3.8) is 0 Å². The van der Waals surface area contributed by atoms with Crippen molar-refractivity contribution in [1.82, 2.24) is 5.32 Å². The van der Waals surface area contributed by atoms with Crippen molar-refractivity contribution in [2.75, 3.05) is 6.54 Å². The Morgan fingerprint density at radius 1 is 1.25 bits per heavy atom. The molecule has 2 unspecified atom stereocenters. The van der Waals surface area contributed by atoms with E-state index in [2.05, 4.69) is 5.32 Å². The lowest BCUT2D eigenvalue weighted by Gasteiger charge is -2.21. The van der Waals surface area contributed by atoms with Gasteiger partial charge < -0.3 is 25.4 Å². The summed E-state index contributed by atoms with van der Waals surface area (Å²) in [6.07, 6.45) is -2.88. The highest BCUT2D eigenvalue weighted by atomic mass is 16.6. The predicted molar refractivity (Wildman–Crippen MR) is 87.6 cm³/mol. The SMILES string of the molecule is CC(C)(C)OC(=O)NCCC(O)C(O)c1cccc(CC(=O)O)c1. The number of aliphatic hydroxyl groups is 2. The molecule has 0 spiro atoms. The van der Waals surface area contributed by atoms with Gasteiger partial charge in [0.2, 0.25) is 0 Å². The van der Waals surface area contributed by atoms with Crippen LogP contribution >= 0.6 is 0 Å². The number of hydrogen-bond acceptors (Lipinski definition) is 5. The largest absolute Gasteiger partial charge is 0.481 e. The number of ether oxygens (including phenoxy) is 1. The first kappa shape index (κ1) is 19.9. The van der Waals surface area contributed by atoms with Gasteiger partial charge in [0.15, 0.2) is 0 Å². The van der Waals surface area contributed by atoms with Gasteiger partial charge in [-0.25, -0.2) is 4.79 Å². The first-order valence-corrected chi connectivity index (χ1v) is 7.72. The van der Waals surface area contributed by atoms with Crippen molar-refractivity contribution in [3.05, 3.63) is 35.4 Å². The maximum absolute atomic E-state index is 11.5. The number of aliphatic carboxylic acids is 1. The smallest absolute Gasteiger partial charge is 0.407 e. The number of benzene rings is 1. The molecule has 0 aromatic heterocycles. The summed E-state index contributed by atoms with van der Waals surface area (Å²) >= 11 is 0. The van der Waals surface area contributed by atoms with E-state index in [1.165, 1.54) is 0 Å². The molecule has 1 rings (SSSR count). The second kappa shape index (κ2) is 8.65. The van der Waals surface area contributed by atoms with Crippen LogP contribution in [-0.2, 0) is 16.0 Å². The van der Waals surface area contributed by atoms with Gasteiger partial charge in [-0.2, -0.15) is 0 Å². The Kier molecular flexibility index (Phi) is 7.18. The molecular weight excluding hydrogens is 314 g/mol. The van der Waals surface area contributed by atoms with Crippen LogP contribution in [0.25, 0.3) is 0 Å². The Hall–Kier alpha value is -2.12. The number of nitrogens with one attached hydrogen (secondary N) is 1. The summed E-state index contributed by atoms with van der Waals surface area (Å²) < 4.78 is 5.07. The van der Waals surface area contributed by atoms with Gasteiger partial charge in [0.25, 0.3) is 0 Å². The molecule has 0 saturated heterocycles. The normalized spacial score (nSPS) is 13.9. The molecule has 0 aliphatic carbocycles. The summed E-state index contributed by atoms with van der Waals surface area (Å²) in [6, 6.07) is 6.42.